The molecule has 2 nitrogen and oxygen atoms in total. The number of thiophene rings is 1. The molecule has 1 N–H and O–H groups in total. The molecule has 0 amide bonds. The average Bonchev–Trinajstić information content (AvgIpc) is 3.14. The summed E-state index contributed by atoms with van der Waals surface area (Å²) in [6.45, 7) is 1.64. The van der Waals surface area contributed by atoms with Gasteiger partial charge in [-0.15, -0.1) is 11.3 Å². The lowest BCUT2D eigenvalue weighted by molar-refractivity contribution is 0.322. The second-order valence-electron chi connectivity index (χ2n) is 5.09. The molecule has 0 atom stereocenters. The van der Waals surface area contributed by atoms with Gasteiger partial charge in [-0.25, -0.2) is 0 Å². The van der Waals surface area contributed by atoms with E-state index in [1.54, 1.807) is 11.3 Å². The molecule has 0 spiro atoms. The summed E-state index contributed by atoms with van der Waals surface area (Å²) in [5.74, 6) is 0.956. The Labute approximate surface area is 132 Å². The summed E-state index contributed by atoms with van der Waals surface area (Å²) in [5.41, 5.74) is 1.27. The minimum absolute atomic E-state index is 0.727. The highest BCUT2D eigenvalue weighted by Crippen LogP contribution is 2.25. The maximum absolute atomic E-state index is 5.86. The number of rotatable bonds is 7. The lowest BCUT2D eigenvalue weighted by Gasteiger charge is -2.10. The summed E-state index contributed by atoms with van der Waals surface area (Å²) in [5, 5.41) is 5.64. The summed E-state index contributed by atoms with van der Waals surface area (Å²) < 4.78 is 7.00. The van der Waals surface area contributed by atoms with Crippen molar-refractivity contribution >= 4 is 27.3 Å². The third-order valence-electron chi connectivity index (χ3n) is 3.37. The molecule has 0 bridgehead atoms. The standard InChI is InChI=1S/C16H18BrNOS/c17-16-6-5-14(10-12(16)11-18-13-3-4-13)19-8-7-15-2-1-9-20-15/h1-2,5-6,9-10,13,18H,3-4,7-8,11H2. The van der Waals surface area contributed by atoms with Gasteiger partial charge >= 0.3 is 0 Å². The fourth-order valence-corrected chi connectivity index (χ4v) is 3.12. The minimum Gasteiger partial charge on any atom is -0.493 e. The maximum Gasteiger partial charge on any atom is 0.119 e. The predicted octanol–water partition coefficient (Wildman–Crippen LogP) is 4.38. The quantitative estimate of drug-likeness (QED) is 0.798. The van der Waals surface area contributed by atoms with Gasteiger partial charge in [0.2, 0.25) is 0 Å². The van der Waals surface area contributed by atoms with E-state index in [0.717, 1.165) is 35.8 Å². The molecule has 0 radical (unpaired) electrons. The topological polar surface area (TPSA) is 21.3 Å². The van der Waals surface area contributed by atoms with Crippen molar-refractivity contribution in [3.63, 3.8) is 0 Å². The van der Waals surface area contributed by atoms with E-state index in [4.69, 9.17) is 4.74 Å². The van der Waals surface area contributed by atoms with Gasteiger partial charge in [0.1, 0.15) is 5.75 Å². The normalized spacial score (nSPS) is 14.4. The van der Waals surface area contributed by atoms with Gasteiger partial charge in [0.15, 0.2) is 0 Å². The Hall–Kier alpha value is -0.840. The first kappa shape index (κ1) is 14.1. The molecule has 1 aromatic carbocycles. The number of nitrogens with one attached hydrogen (secondary N) is 1. The van der Waals surface area contributed by atoms with Gasteiger partial charge in [-0.05, 0) is 48.1 Å². The highest BCUT2D eigenvalue weighted by atomic mass is 79.9. The number of ether oxygens (including phenoxy) is 1. The Morgan fingerprint density at radius 1 is 1.30 bits per heavy atom. The van der Waals surface area contributed by atoms with Crippen molar-refractivity contribution in [2.45, 2.75) is 31.8 Å². The van der Waals surface area contributed by atoms with Gasteiger partial charge in [0.25, 0.3) is 0 Å². The molecular weight excluding hydrogens is 334 g/mol. The molecule has 1 heterocycles. The van der Waals surface area contributed by atoms with Gasteiger partial charge in [-0.1, -0.05) is 22.0 Å². The summed E-state index contributed by atoms with van der Waals surface area (Å²) in [6.07, 6.45) is 3.60. The van der Waals surface area contributed by atoms with E-state index >= 15 is 0 Å². The molecule has 0 saturated heterocycles. The zero-order chi connectivity index (χ0) is 13.8. The van der Waals surface area contributed by atoms with Gasteiger partial charge in [0, 0.05) is 28.4 Å². The van der Waals surface area contributed by atoms with Crippen LogP contribution in [0.5, 0.6) is 5.75 Å². The largest absolute Gasteiger partial charge is 0.493 e. The zero-order valence-corrected chi connectivity index (χ0v) is 13.7. The van der Waals surface area contributed by atoms with Crippen LogP contribution in [-0.2, 0) is 13.0 Å². The summed E-state index contributed by atoms with van der Waals surface area (Å²) in [4.78, 5) is 1.37. The zero-order valence-electron chi connectivity index (χ0n) is 11.3. The van der Waals surface area contributed by atoms with E-state index in [0.29, 0.717) is 0 Å². The van der Waals surface area contributed by atoms with E-state index in [-0.39, 0.29) is 0 Å². The van der Waals surface area contributed by atoms with Gasteiger partial charge in [0.05, 0.1) is 6.61 Å². The van der Waals surface area contributed by atoms with Crippen molar-refractivity contribution in [2.24, 2.45) is 0 Å². The monoisotopic (exact) mass is 351 g/mol. The van der Waals surface area contributed by atoms with Crippen molar-refractivity contribution < 1.29 is 4.74 Å². The molecule has 1 aromatic heterocycles. The van der Waals surface area contributed by atoms with Crippen LogP contribution in [-0.4, -0.2) is 12.6 Å². The van der Waals surface area contributed by atoms with E-state index in [1.807, 2.05) is 6.07 Å². The minimum atomic E-state index is 0.727. The van der Waals surface area contributed by atoms with Gasteiger partial charge < -0.3 is 10.1 Å². The van der Waals surface area contributed by atoms with Crippen molar-refractivity contribution in [1.29, 1.82) is 0 Å². The molecule has 1 saturated carbocycles. The molecule has 20 heavy (non-hydrogen) atoms. The van der Waals surface area contributed by atoms with Crippen LogP contribution in [0.1, 0.15) is 23.3 Å². The lowest BCUT2D eigenvalue weighted by atomic mass is 10.2. The highest BCUT2D eigenvalue weighted by Gasteiger charge is 2.20. The van der Waals surface area contributed by atoms with Crippen molar-refractivity contribution in [2.75, 3.05) is 6.61 Å². The number of hydrogen-bond acceptors (Lipinski definition) is 3. The van der Waals surface area contributed by atoms with Crippen LogP contribution in [0.25, 0.3) is 0 Å². The molecule has 3 rings (SSSR count). The second-order valence-corrected chi connectivity index (χ2v) is 6.97. The van der Waals surface area contributed by atoms with E-state index in [1.165, 1.54) is 23.3 Å². The summed E-state index contributed by atoms with van der Waals surface area (Å²) in [7, 11) is 0. The van der Waals surface area contributed by atoms with Crippen molar-refractivity contribution in [3.8, 4) is 5.75 Å². The Bertz CT molecular complexity index is 552. The van der Waals surface area contributed by atoms with E-state index < -0.39 is 0 Å². The van der Waals surface area contributed by atoms with Crippen LogP contribution < -0.4 is 10.1 Å². The maximum atomic E-state index is 5.86. The van der Waals surface area contributed by atoms with Gasteiger partial charge in [-0.2, -0.15) is 0 Å². The van der Waals surface area contributed by atoms with Crippen LogP contribution in [0.4, 0.5) is 0 Å². The van der Waals surface area contributed by atoms with E-state index in [9.17, 15) is 0 Å². The summed E-state index contributed by atoms with van der Waals surface area (Å²) in [6, 6.07) is 11.2. The Morgan fingerprint density at radius 2 is 2.20 bits per heavy atom. The Kier molecular flexibility index (Phi) is 4.76. The molecule has 1 fully saturated rings. The lowest BCUT2D eigenvalue weighted by Crippen LogP contribution is -2.15. The molecule has 1 aliphatic carbocycles. The SMILES string of the molecule is Brc1ccc(OCCc2cccs2)cc1CNC1CC1. The Balaban J connectivity index is 1.53. The van der Waals surface area contributed by atoms with Crippen molar-refractivity contribution in [3.05, 3.63) is 50.6 Å². The number of halogens is 1. The average molecular weight is 352 g/mol. The predicted molar refractivity (Wildman–Crippen MR) is 87.5 cm³/mol. The van der Waals surface area contributed by atoms with Crippen molar-refractivity contribution in [1.82, 2.24) is 5.32 Å². The second kappa shape index (κ2) is 6.74. The van der Waals surface area contributed by atoms with Crippen LogP contribution in [0.15, 0.2) is 40.2 Å². The third kappa shape index (κ3) is 4.08. The first-order valence-corrected chi connectivity index (χ1v) is 8.65. The Morgan fingerprint density at radius 3 is 2.95 bits per heavy atom. The smallest absolute Gasteiger partial charge is 0.119 e. The molecular formula is C16H18BrNOS. The molecule has 4 heteroatoms. The summed E-state index contributed by atoms with van der Waals surface area (Å²) >= 11 is 5.39. The fraction of sp³-hybridized carbons (Fsp3) is 0.375. The van der Waals surface area contributed by atoms with Gasteiger partial charge in [-0.3, -0.25) is 0 Å². The number of benzene rings is 1. The van der Waals surface area contributed by atoms with Crippen LogP contribution in [0, 0.1) is 0 Å². The van der Waals surface area contributed by atoms with Crippen LogP contribution in [0.3, 0.4) is 0 Å². The molecule has 106 valence electrons. The first-order valence-electron chi connectivity index (χ1n) is 6.98. The van der Waals surface area contributed by atoms with E-state index in [2.05, 4.69) is 50.9 Å². The van der Waals surface area contributed by atoms with Crippen LogP contribution in [0.2, 0.25) is 0 Å². The fourth-order valence-electron chi connectivity index (χ4n) is 2.04. The highest BCUT2D eigenvalue weighted by molar-refractivity contribution is 9.10. The van der Waals surface area contributed by atoms with Crippen LogP contribution >= 0.6 is 27.3 Å². The molecule has 0 aliphatic heterocycles. The molecule has 1 aliphatic rings. The molecule has 2 aromatic rings. The first-order chi connectivity index (χ1) is 9.81. The third-order valence-corrected chi connectivity index (χ3v) is 5.08. The molecule has 0 unspecified atom stereocenters. The number of hydrogen-bond donors (Lipinski definition) is 1.